The van der Waals surface area contributed by atoms with E-state index >= 15 is 0 Å². The van der Waals surface area contributed by atoms with Crippen LogP contribution < -0.4 is 11.1 Å². The van der Waals surface area contributed by atoms with Gasteiger partial charge in [-0.25, -0.2) is 0 Å². The van der Waals surface area contributed by atoms with Crippen molar-refractivity contribution in [3.63, 3.8) is 0 Å². The Bertz CT molecular complexity index is 384. The third kappa shape index (κ3) is 3.32. The van der Waals surface area contributed by atoms with Gasteiger partial charge >= 0.3 is 5.97 Å². The molecule has 0 aliphatic heterocycles. The van der Waals surface area contributed by atoms with E-state index < -0.39 is 12.0 Å². The lowest BCUT2D eigenvalue weighted by Gasteiger charge is -2.12. The summed E-state index contributed by atoms with van der Waals surface area (Å²) < 4.78 is 0. The first kappa shape index (κ1) is 12.7. The number of hydrogen-bond acceptors (Lipinski definition) is 5. The van der Waals surface area contributed by atoms with Crippen LogP contribution in [0.3, 0.4) is 0 Å². The van der Waals surface area contributed by atoms with E-state index in [2.05, 4.69) is 17.9 Å². The minimum atomic E-state index is -0.974. The summed E-state index contributed by atoms with van der Waals surface area (Å²) in [4.78, 5) is 10.7. The molecule has 1 aromatic carbocycles. The highest BCUT2D eigenvalue weighted by Crippen LogP contribution is 2.19. The molecule has 1 rings (SSSR count). The zero-order valence-electron chi connectivity index (χ0n) is 8.55. The Labute approximate surface area is 98.7 Å². The van der Waals surface area contributed by atoms with Crippen LogP contribution in [0.1, 0.15) is 5.56 Å². The van der Waals surface area contributed by atoms with Crippen molar-refractivity contribution in [2.24, 2.45) is 0 Å². The number of nitrogens with one attached hydrogen (secondary N) is 1. The minimum Gasteiger partial charge on any atom is -0.508 e. The van der Waals surface area contributed by atoms with E-state index in [1.165, 1.54) is 6.07 Å². The number of nitrogens with two attached hydrogens (primary N) is 1. The average molecular weight is 242 g/mol. The van der Waals surface area contributed by atoms with Gasteiger partial charge in [-0.15, -0.1) is 0 Å². The van der Waals surface area contributed by atoms with Crippen molar-refractivity contribution in [1.82, 2.24) is 5.32 Å². The first-order valence-corrected chi connectivity index (χ1v) is 5.32. The number of nitrogen functional groups attached to an aromatic ring is 1. The van der Waals surface area contributed by atoms with Crippen LogP contribution in [-0.4, -0.2) is 28.0 Å². The van der Waals surface area contributed by atoms with E-state index in [0.717, 1.165) is 0 Å². The standard InChI is InChI=1S/C10H14N2O3S/c11-7-1-2-9(13)6(3-7)4-12-8(5-16)10(14)15/h1-3,8,12-13,16H,4-5,11H2,(H,14,15)/t8-/m0/s1. The number of aliphatic carboxylic acids is 1. The summed E-state index contributed by atoms with van der Waals surface area (Å²) in [5, 5.41) is 21.0. The van der Waals surface area contributed by atoms with Crippen molar-refractivity contribution in [2.75, 3.05) is 11.5 Å². The number of carboxylic acid groups (broad SMARTS) is 1. The molecule has 5 nitrogen and oxygen atoms in total. The van der Waals surface area contributed by atoms with Gasteiger partial charge in [-0.05, 0) is 18.2 Å². The van der Waals surface area contributed by atoms with Crippen LogP contribution in [-0.2, 0) is 11.3 Å². The van der Waals surface area contributed by atoms with Gasteiger partial charge in [0.25, 0.3) is 0 Å². The van der Waals surface area contributed by atoms with Crippen LogP contribution in [0.4, 0.5) is 5.69 Å². The molecule has 0 fully saturated rings. The van der Waals surface area contributed by atoms with Crippen LogP contribution in [0.15, 0.2) is 18.2 Å². The van der Waals surface area contributed by atoms with Crippen LogP contribution in [0.5, 0.6) is 5.75 Å². The number of benzene rings is 1. The predicted molar refractivity (Wildman–Crippen MR) is 64.6 cm³/mol. The molecule has 0 amide bonds. The van der Waals surface area contributed by atoms with E-state index in [9.17, 15) is 9.90 Å². The molecule has 1 aromatic rings. The highest BCUT2D eigenvalue weighted by molar-refractivity contribution is 7.80. The van der Waals surface area contributed by atoms with Crippen LogP contribution in [0.2, 0.25) is 0 Å². The summed E-state index contributed by atoms with van der Waals surface area (Å²) >= 11 is 3.92. The summed E-state index contributed by atoms with van der Waals surface area (Å²) in [5.41, 5.74) is 6.64. The van der Waals surface area contributed by atoms with Gasteiger partial charge in [-0.3, -0.25) is 10.1 Å². The molecule has 0 radical (unpaired) electrons. The predicted octanol–water partition coefficient (Wildman–Crippen LogP) is 0.447. The van der Waals surface area contributed by atoms with Crippen LogP contribution >= 0.6 is 12.6 Å². The number of phenolic OH excluding ortho intramolecular Hbond substituents is 1. The normalized spacial score (nSPS) is 12.3. The topological polar surface area (TPSA) is 95.6 Å². The molecular formula is C10H14N2O3S. The van der Waals surface area contributed by atoms with Crippen molar-refractivity contribution in [2.45, 2.75) is 12.6 Å². The Hall–Kier alpha value is -1.40. The maximum atomic E-state index is 10.7. The largest absolute Gasteiger partial charge is 0.508 e. The smallest absolute Gasteiger partial charge is 0.321 e. The van der Waals surface area contributed by atoms with E-state index in [-0.39, 0.29) is 18.0 Å². The number of carboxylic acids is 1. The van der Waals surface area contributed by atoms with Crippen molar-refractivity contribution in [3.05, 3.63) is 23.8 Å². The number of anilines is 1. The molecule has 0 unspecified atom stereocenters. The van der Waals surface area contributed by atoms with Gasteiger partial charge in [-0.2, -0.15) is 12.6 Å². The first-order chi connectivity index (χ1) is 7.54. The third-order valence-electron chi connectivity index (χ3n) is 2.12. The Balaban J connectivity index is 2.66. The highest BCUT2D eigenvalue weighted by atomic mass is 32.1. The Kier molecular flexibility index (Phi) is 4.45. The Morgan fingerprint density at radius 2 is 2.25 bits per heavy atom. The molecule has 1 atom stereocenters. The molecule has 0 saturated heterocycles. The van der Waals surface area contributed by atoms with Gasteiger partial charge in [0.15, 0.2) is 0 Å². The van der Waals surface area contributed by atoms with Gasteiger partial charge < -0.3 is 15.9 Å². The minimum absolute atomic E-state index is 0.0880. The fourth-order valence-electron chi connectivity index (χ4n) is 1.21. The molecule has 0 aliphatic carbocycles. The van der Waals surface area contributed by atoms with Gasteiger partial charge in [-0.1, -0.05) is 0 Å². The summed E-state index contributed by atoms with van der Waals surface area (Å²) in [6.07, 6.45) is 0. The Morgan fingerprint density at radius 1 is 1.56 bits per heavy atom. The molecule has 6 heteroatoms. The van der Waals surface area contributed by atoms with Crippen LogP contribution in [0, 0.1) is 0 Å². The van der Waals surface area contributed by atoms with E-state index in [4.69, 9.17) is 10.8 Å². The molecule has 0 saturated carbocycles. The van der Waals surface area contributed by atoms with Gasteiger partial charge in [0.1, 0.15) is 11.8 Å². The quantitative estimate of drug-likeness (QED) is 0.293. The summed E-state index contributed by atoms with van der Waals surface area (Å²) in [5.74, 6) is -0.707. The molecular weight excluding hydrogens is 228 g/mol. The number of hydrogen-bond donors (Lipinski definition) is 5. The van der Waals surface area contributed by atoms with Gasteiger partial charge in [0.2, 0.25) is 0 Å². The average Bonchev–Trinajstić information content (AvgIpc) is 2.23. The molecule has 0 aliphatic rings. The van der Waals surface area contributed by atoms with E-state index in [1.807, 2.05) is 0 Å². The second kappa shape index (κ2) is 5.62. The Morgan fingerprint density at radius 3 is 2.81 bits per heavy atom. The van der Waals surface area contributed by atoms with Crippen molar-refractivity contribution in [3.8, 4) is 5.75 Å². The summed E-state index contributed by atoms with van der Waals surface area (Å²) in [6, 6.07) is 3.90. The second-order valence-corrected chi connectivity index (χ2v) is 3.71. The number of thiol groups is 1. The molecule has 16 heavy (non-hydrogen) atoms. The fraction of sp³-hybridized carbons (Fsp3) is 0.300. The lowest BCUT2D eigenvalue weighted by molar-refractivity contribution is -0.138. The van der Waals surface area contributed by atoms with Crippen molar-refractivity contribution < 1.29 is 15.0 Å². The summed E-state index contributed by atoms with van der Waals surface area (Å²) in [6.45, 7) is 0.231. The number of carbonyl (C=O) groups is 1. The van der Waals surface area contributed by atoms with E-state index in [1.54, 1.807) is 12.1 Å². The first-order valence-electron chi connectivity index (χ1n) is 4.69. The fourth-order valence-corrected chi connectivity index (χ4v) is 1.50. The zero-order valence-corrected chi connectivity index (χ0v) is 9.45. The second-order valence-electron chi connectivity index (χ2n) is 3.34. The van der Waals surface area contributed by atoms with E-state index in [0.29, 0.717) is 11.3 Å². The van der Waals surface area contributed by atoms with Crippen LogP contribution in [0.25, 0.3) is 0 Å². The van der Waals surface area contributed by atoms with Gasteiger partial charge in [0.05, 0.1) is 0 Å². The van der Waals surface area contributed by atoms with Crippen molar-refractivity contribution >= 4 is 24.3 Å². The molecule has 0 spiro atoms. The lowest BCUT2D eigenvalue weighted by atomic mass is 10.1. The highest BCUT2D eigenvalue weighted by Gasteiger charge is 2.14. The molecule has 88 valence electrons. The molecule has 0 heterocycles. The third-order valence-corrected chi connectivity index (χ3v) is 2.49. The number of phenols is 1. The summed E-state index contributed by atoms with van der Waals surface area (Å²) in [7, 11) is 0. The van der Waals surface area contributed by atoms with Gasteiger partial charge in [0, 0.05) is 23.5 Å². The molecule has 5 N–H and O–H groups in total. The molecule has 0 bridgehead atoms. The maximum Gasteiger partial charge on any atom is 0.321 e. The zero-order chi connectivity index (χ0) is 12.1. The van der Waals surface area contributed by atoms with Crippen molar-refractivity contribution in [1.29, 1.82) is 0 Å². The number of aromatic hydroxyl groups is 1. The maximum absolute atomic E-state index is 10.7. The SMILES string of the molecule is Nc1ccc(O)c(CN[C@@H](CS)C(=O)O)c1. The lowest BCUT2D eigenvalue weighted by Crippen LogP contribution is -2.37. The number of rotatable bonds is 5. The monoisotopic (exact) mass is 242 g/mol. The molecule has 0 aromatic heterocycles.